The summed E-state index contributed by atoms with van der Waals surface area (Å²) in [5, 5.41) is 8.28. The molecule has 0 bridgehead atoms. The number of nitrogens with zero attached hydrogens (tertiary/aromatic N) is 1. The Morgan fingerprint density at radius 3 is 2.38 bits per heavy atom. The fourth-order valence-corrected chi connectivity index (χ4v) is 1.69. The van der Waals surface area contributed by atoms with E-state index >= 15 is 0 Å². The maximum atomic E-state index is 10.9. The van der Waals surface area contributed by atoms with Crippen molar-refractivity contribution in [1.82, 2.24) is 0 Å². The van der Waals surface area contributed by atoms with E-state index in [2.05, 4.69) is 0 Å². The highest BCUT2D eigenvalue weighted by Crippen LogP contribution is 2.12. The molecule has 0 saturated heterocycles. The van der Waals surface area contributed by atoms with Gasteiger partial charge in [0.1, 0.15) is 18.5 Å². The molecule has 0 aromatic heterocycles. The van der Waals surface area contributed by atoms with Gasteiger partial charge in [-0.1, -0.05) is 0 Å². The van der Waals surface area contributed by atoms with Gasteiger partial charge in [0.25, 0.3) is 0 Å². The van der Waals surface area contributed by atoms with Crippen LogP contribution in [-0.2, 0) is 9.53 Å². The summed E-state index contributed by atoms with van der Waals surface area (Å²) in [7, 11) is 0. The second-order valence-corrected chi connectivity index (χ2v) is 4.50. The van der Waals surface area contributed by atoms with Gasteiger partial charge >= 0.3 is 5.97 Å². The van der Waals surface area contributed by atoms with E-state index in [1.165, 1.54) is 0 Å². The summed E-state index contributed by atoms with van der Waals surface area (Å²) in [6.45, 7) is 0.989. The Balaban J connectivity index is 1.98. The minimum absolute atomic E-state index is 0.184. The van der Waals surface area contributed by atoms with E-state index in [0.717, 1.165) is 37.7 Å². The predicted molar refractivity (Wildman–Crippen MR) is 77.0 cm³/mol. The fraction of sp³-hybridized carbons (Fsp3) is 0.438. The van der Waals surface area contributed by atoms with Crippen LogP contribution < -0.4 is 4.74 Å². The number of nitriles is 1. The van der Waals surface area contributed by atoms with Crippen molar-refractivity contribution >= 4 is 12.3 Å². The monoisotopic (exact) mass is 289 g/mol. The zero-order valence-electron chi connectivity index (χ0n) is 11.9. The molecule has 112 valence electrons. The third kappa shape index (κ3) is 7.73. The lowest BCUT2D eigenvalue weighted by atomic mass is 10.2. The normalized spacial score (nSPS) is 9.67. The zero-order chi connectivity index (χ0) is 15.3. The number of aldehydes is 1. The van der Waals surface area contributed by atoms with Crippen LogP contribution in [-0.4, -0.2) is 25.5 Å². The van der Waals surface area contributed by atoms with E-state index in [-0.39, 0.29) is 6.42 Å². The number of ether oxygens (including phenoxy) is 2. The minimum Gasteiger partial charge on any atom is -0.494 e. The molecule has 0 aliphatic carbocycles. The maximum absolute atomic E-state index is 10.9. The van der Waals surface area contributed by atoms with Gasteiger partial charge in [0.05, 0.1) is 19.3 Å². The number of carbonyl (C=O) groups is 2. The minimum atomic E-state index is -0.459. The third-order valence-corrected chi connectivity index (χ3v) is 2.81. The number of rotatable bonds is 10. The van der Waals surface area contributed by atoms with Gasteiger partial charge in [0.15, 0.2) is 0 Å². The quantitative estimate of drug-likeness (QED) is 0.376. The van der Waals surface area contributed by atoms with Crippen molar-refractivity contribution in [3.63, 3.8) is 0 Å². The molecule has 1 aromatic carbocycles. The van der Waals surface area contributed by atoms with Crippen LogP contribution in [0.4, 0.5) is 0 Å². The molecule has 0 aliphatic rings. The molecular weight excluding hydrogens is 270 g/mol. The summed E-state index contributed by atoms with van der Waals surface area (Å²) in [6.07, 6.45) is 4.27. The van der Waals surface area contributed by atoms with E-state index in [1.54, 1.807) is 30.3 Å². The highest BCUT2D eigenvalue weighted by Gasteiger charge is 2.00. The van der Waals surface area contributed by atoms with Gasteiger partial charge in [0, 0.05) is 5.56 Å². The first-order chi connectivity index (χ1) is 10.3. The van der Waals surface area contributed by atoms with E-state index in [4.69, 9.17) is 14.7 Å². The van der Waals surface area contributed by atoms with Gasteiger partial charge in [-0.15, -0.1) is 0 Å². The van der Waals surface area contributed by atoms with Gasteiger partial charge in [-0.25, -0.2) is 0 Å². The van der Waals surface area contributed by atoms with Crippen molar-refractivity contribution in [2.75, 3.05) is 13.2 Å². The van der Waals surface area contributed by atoms with Gasteiger partial charge in [-0.2, -0.15) is 5.26 Å². The largest absolute Gasteiger partial charge is 0.494 e. The Kier molecular flexibility index (Phi) is 8.30. The summed E-state index contributed by atoms with van der Waals surface area (Å²) < 4.78 is 10.4. The molecule has 0 aliphatic heterocycles. The Morgan fingerprint density at radius 1 is 1.10 bits per heavy atom. The fourth-order valence-electron chi connectivity index (χ4n) is 1.69. The average molecular weight is 289 g/mol. The van der Waals surface area contributed by atoms with Crippen molar-refractivity contribution in [3.05, 3.63) is 29.8 Å². The molecule has 0 N–H and O–H groups in total. The van der Waals surface area contributed by atoms with Crippen LogP contribution >= 0.6 is 0 Å². The van der Waals surface area contributed by atoms with E-state index < -0.39 is 5.97 Å². The molecule has 1 rings (SSSR count). The SMILES string of the molecule is N#CCC(=O)OCCCCCCOc1ccc(C=O)cc1. The van der Waals surface area contributed by atoms with Crippen LogP contribution in [0, 0.1) is 11.3 Å². The van der Waals surface area contributed by atoms with Crippen LogP contribution in [0.15, 0.2) is 24.3 Å². The predicted octanol–water partition coefficient (Wildman–Crippen LogP) is 2.90. The Morgan fingerprint density at radius 2 is 1.76 bits per heavy atom. The molecular formula is C16H19NO4. The van der Waals surface area contributed by atoms with Crippen molar-refractivity contribution in [2.45, 2.75) is 32.1 Å². The first-order valence-electron chi connectivity index (χ1n) is 6.97. The van der Waals surface area contributed by atoms with Crippen molar-refractivity contribution in [2.24, 2.45) is 0 Å². The molecule has 21 heavy (non-hydrogen) atoms. The molecule has 0 unspecified atom stereocenters. The molecule has 0 radical (unpaired) electrons. The van der Waals surface area contributed by atoms with Crippen LogP contribution in [0.25, 0.3) is 0 Å². The van der Waals surface area contributed by atoms with Gasteiger partial charge < -0.3 is 9.47 Å². The number of unbranched alkanes of at least 4 members (excludes halogenated alkanes) is 3. The molecule has 5 heteroatoms. The highest BCUT2D eigenvalue weighted by atomic mass is 16.5. The number of benzene rings is 1. The first kappa shape index (κ1) is 16.7. The zero-order valence-corrected chi connectivity index (χ0v) is 11.9. The lowest BCUT2D eigenvalue weighted by molar-refractivity contribution is -0.142. The number of hydrogen-bond acceptors (Lipinski definition) is 5. The summed E-state index contributed by atoms with van der Waals surface area (Å²) in [5.41, 5.74) is 0.633. The standard InChI is InChI=1S/C16H19NO4/c17-10-9-16(19)21-12-4-2-1-3-11-20-15-7-5-14(13-18)6-8-15/h5-8,13H,1-4,9,11-12H2. The lowest BCUT2D eigenvalue weighted by Crippen LogP contribution is -2.04. The van der Waals surface area contributed by atoms with Crippen LogP contribution in [0.2, 0.25) is 0 Å². The van der Waals surface area contributed by atoms with Crippen LogP contribution in [0.5, 0.6) is 5.75 Å². The maximum Gasteiger partial charge on any atom is 0.320 e. The van der Waals surface area contributed by atoms with Gasteiger partial charge in [-0.3, -0.25) is 9.59 Å². The highest BCUT2D eigenvalue weighted by molar-refractivity contribution is 5.74. The molecule has 5 nitrogen and oxygen atoms in total. The topological polar surface area (TPSA) is 76.4 Å². The van der Waals surface area contributed by atoms with Crippen LogP contribution in [0.1, 0.15) is 42.5 Å². The van der Waals surface area contributed by atoms with Crippen molar-refractivity contribution in [3.8, 4) is 11.8 Å². The molecule has 0 atom stereocenters. The van der Waals surface area contributed by atoms with E-state index in [0.29, 0.717) is 18.8 Å². The average Bonchev–Trinajstić information content (AvgIpc) is 2.51. The summed E-state index contributed by atoms with van der Waals surface area (Å²) in [5.74, 6) is 0.297. The molecule has 0 saturated carbocycles. The molecule has 1 aromatic rings. The summed E-state index contributed by atoms with van der Waals surface area (Å²) >= 11 is 0. The smallest absolute Gasteiger partial charge is 0.320 e. The van der Waals surface area contributed by atoms with Gasteiger partial charge in [0.2, 0.25) is 0 Å². The number of carbonyl (C=O) groups excluding carboxylic acids is 2. The van der Waals surface area contributed by atoms with Gasteiger partial charge in [-0.05, 0) is 49.9 Å². The third-order valence-electron chi connectivity index (χ3n) is 2.81. The molecule has 0 fully saturated rings. The van der Waals surface area contributed by atoms with Crippen molar-refractivity contribution < 1.29 is 19.1 Å². The number of esters is 1. The lowest BCUT2D eigenvalue weighted by Gasteiger charge is -2.06. The second-order valence-electron chi connectivity index (χ2n) is 4.50. The second kappa shape index (κ2) is 10.4. The van der Waals surface area contributed by atoms with E-state index in [9.17, 15) is 9.59 Å². The van der Waals surface area contributed by atoms with Crippen molar-refractivity contribution in [1.29, 1.82) is 5.26 Å². The van der Waals surface area contributed by atoms with Crippen LogP contribution in [0.3, 0.4) is 0 Å². The Labute approximate surface area is 124 Å². The summed E-state index contributed by atoms with van der Waals surface area (Å²) in [6, 6.07) is 8.74. The summed E-state index contributed by atoms with van der Waals surface area (Å²) in [4.78, 5) is 21.4. The van der Waals surface area contributed by atoms with E-state index in [1.807, 2.05) is 0 Å². The first-order valence-corrected chi connectivity index (χ1v) is 6.97. The molecule has 0 spiro atoms. The Hall–Kier alpha value is -2.35. The molecule has 0 heterocycles. The molecule has 0 amide bonds. The number of hydrogen-bond donors (Lipinski definition) is 0. The Bertz CT molecular complexity index is 476.